The van der Waals surface area contributed by atoms with Gasteiger partial charge in [-0.1, -0.05) is 40.9 Å². The Morgan fingerprint density at radius 3 is 2.43 bits per heavy atom. The van der Waals surface area contributed by atoms with Crippen molar-refractivity contribution in [2.75, 3.05) is 39.3 Å². The van der Waals surface area contributed by atoms with E-state index in [9.17, 15) is 9.59 Å². The first-order chi connectivity index (χ1) is 16.8. The van der Waals surface area contributed by atoms with Crippen LogP contribution >= 0.6 is 11.6 Å². The van der Waals surface area contributed by atoms with Crippen LogP contribution in [-0.4, -0.2) is 66.9 Å². The zero-order valence-corrected chi connectivity index (χ0v) is 21.8. The van der Waals surface area contributed by atoms with Crippen LogP contribution in [0.25, 0.3) is 0 Å². The van der Waals surface area contributed by atoms with E-state index in [1.807, 2.05) is 60.9 Å². The number of hydrogen-bond acceptors (Lipinski definition) is 4. The van der Waals surface area contributed by atoms with Crippen LogP contribution in [-0.2, 0) is 4.79 Å². The Morgan fingerprint density at radius 2 is 1.74 bits per heavy atom. The summed E-state index contributed by atoms with van der Waals surface area (Å²) in [7, 11) is 0. The Labute approximate surface area is 214 Å². The molecule has 2 saturated heterocycles. The molecule has 2 N–H and O–H groups in total. The minimum absolute atomic E-state index is 0.0205. The summed E-state index contributed by atoms with van der Waals surface area (Å²) in [5.41, 5.74) is 4.85. The lowest BCUT2D eigenvalue weighted by Gasteiger charge is -2.42. The molecule has 1 unspecified atom stereocenters. The Morgan fingerprint density at radius 1 is 1.03 bits per heavy atom. The maximum Gasteiger partial charge on any atom is 0.254 e. The molecule has 0 radical (unpaired) electrons. The van der Waals surface area contributed by atoms with Crippen LogP contribution in [0, 0.1) is 20.8 Å². The fourth-order valence-corrected chi connectivity index (χ4v) is 5.38. The van der Waals surface area contributed by atoms with Gasteiger partial charge in [0, 0.05) is 49.2 Å². The fraction of sp³-hybridized carbons (Fsp3) is 0.500. The average Bonchev–Trinajstić information content (AvgIpc) is 2.85. The largest absolute Gasteiger partial charge is 0.334 e. The number of piperazine rings is 1. The first-order valence-electron chi connectivity index (χ1n) is 12.7. The van der Waals surface area contributed by atoms with Crippen molar-refractivity contribution in [1.29, 1.82) is 0 Å². The van der Waals surface area contributed by atoms with Gasteiger partial charge in [-0.05, 0) is 76.0 Å². The van der Waals surface area contributed by atoms with Crippen LogP contribution in [0.1, 0.15) is 57.9 Å². The first kappa shape index (κ1) is 25.7. The summed E-state index contributed by atoms with van der Waals surface area (Å²) in [4.78, 5) is 30.6. The Balaban J connectivity index is 1.49. The van der Waals surface area contributed by atoms with E-state index in [0.29, 0.717) is 49.2 Å². The van der Waals surface area contributed by atoms with Crippen molar-refractivity contribution in [3.63, 3.8) is 0 Å². The van der Waals surface area contributed by atoms with Gasteiger partial charge in [-0.3, -0.25) is 9.59 Å². The lowest BCUT2D eigenvalue weighted by atomic mass is 9.98. The molecule has 0 bridgehead atoms. The van der Waals surface area contributed by atoms with Crippen molar-refractivity contribution < 1.29 is 9.59 Å². The van der Waals surface area contributed by atoms with E-state index in [4.69, 9.17) is 11.6 Å². The molecule has 7 heteroatoms. The number of rotatable bonds is 6. The molecule has 1 atom stereocenters. The molecular formula is C28H37ClN4O2. The van der Waals surface area contributed by atoms with Crippen LogP contribution in [0.15, 0.2) is 36.4 Å². The molecule has 6 nitrogen and oxygen atoms in total. The second kappa shape index (κ2) is 11.5. The molecule has 2 aromatic rings. The topological polar surface area (TPSA) is 64.7 Å². The first-order valence-corrected chi connectivity index (χ1v) is 13.1. The highest BCUT2D eigenvalue weighted by atomic mass is 35.5. The highest BCUT2D eigenvalue weighted by Crippen LogP contribution is 2.30. The fourth-order valence-electron chi connectivity index (χ4n) is 5.26. The summed E-state index contributed by atoms with van der Waals surface area (Å²) >= 11 is 6.29. The number of nitrogens with one attached hydrogen (secondary N) is 2. The van der Waals surface area contributed by atoms with Gasteiger partial charge in [0.15, 0.2) is 0 Å². The molecule has 0 saturated carbocycles. The van der Waals surface area contributed by atoms with Gasteiger partial charge in [0.2, 0.25) is 5.91 Å². The lowest BCUT2D eigenvalue weighted by molar-refractivity contribution is -0.135. The number of amides is 2. The van der Waals surface area contributed by atoms with Crippen LogP contribution < -0.4 is 10.6 Å². The normalized spacial score (nSPS) is 19.1. The number of halogens is 1. The second-order valence-electron chi connectivity index (χ2n) is 9.97. The third-order valence-electron chi connectivity index (χ3n) is 7.13. The highest BCUT2D eigenvalue weighted by molar-refractivity contribution is 6.31. The van der Waals surface area contributed by atoms with E-state index in [1.165, 1.54) is 0 Å². The Bertz CT molecular complexity index is 1050. The van der Waals surface area contributed by atoms with Crippen LogP contribution in [0.3, 0.4) is 0 Å². The van der Waals surface area contributed by atoms with E-state index in [-0.39, 0.29) is 17.9 Å². The van der Waals surface area contributed by atoms with Crippen LogP contribution in [0.5, 0.6) is 0 Å². The molecule has 2 amide bonds. The molecule has 2 aromatic carbocycles. The van der Waals surface area contributed by atoms with Crippen molar-refractivity contribution in [1.82, 2.24) is 20.4 Å². The SMILES string of the molecule is Cc1cc(C)cc(C(=O)N2CCN(C(=O)CCNC3CCNCC3)C(c3ccc(Cl)c(C)c3)C2)c1. The number of carbonyl (C=O) groups is 2. The van der Waals surface area contributed by atoms with Crippen LogP contribution in [0.2, 0.25) is 5.02 Å². The second-order valence-corrected chi connectivity index (χ2v) is 10.4. The van der Waals surface area contributed by atoms with Gasteiger partial charge in [0.05, 0.1) is 6.04 Å². The van der Waals surface area contributed by atoms with E-state index in [0.717, 1.165) is 48.2 Å². The maximum absolute atomic E-state index is 13.4. The van der Waals surface area contributed by atoms with Gasteiger partial charge >= 0.3 is 0 Å². The molecular weight excluding hydrogens is 460 g/mol. The minimum atomic E-state index is -0.194. The van der Waals surface area contributed by atoms with Crippen molar-refractivity contribution in [3.8, 4) is 0 Å². The van der Waals surface area contributed by atoms with Gasteiger partial charge in [-0.25, -0.2) is 0 Å². The van der Waals surface area contributed by atoms with Crippen molar-refractivity contribution in [2.45, 2.75) is 52.1 Å². The maximum atomic E-state index is 13.4. The van der Waals surface area contributed by atoms with Gasteiger partial charge in [-0.2, -0.15) is 0 Å². The van der Waals surface area contributed by atoms with Crippen LogP contribution in [0.4, 0.5) is 0 Å². The molecule has 188 valence electrons. The van der Waals surface area contributed by atoms with Gasteiger partial charge in [-0.15, -0.1) is 0 Å². The number of carbonyl (C=O) groups excluding carboxylic acids is 2. The highest BCUT2D eigenvalue weighted by Gasteiger charge is 2.34. The Hall–Kier alpha value is -2.41. The molecule has 2 heterocycles. The molecule has 0 aromatic heterocycles. The predicted octanol–water partition coefficient (Wildman–Crippen LogP) is 4.02. The third-order valence-corrected chi connectivity index (χ3v) is 7.56. The zero-order valence-electron chi connectivity index (χ0n) is 21.1. The summed E-state index contributed by atoms with van der Waals surface area (Å²) in [5.74, 6) is 0.148. The molecule has 0 spiro atoms. The van der Waals surface area contributed by atoms with E-state index >= 15 is 0 Å². The van der Waals surface area contributed by atoms with E-state index in [1.54, 1.807) is 0 Å². The molecule has 2 aliphatic heterocycles. The Kier molecular flexibility index (Phi) is 8.47. The minimum Gasteiger partial charge on any atom is -0.334 e. The van der Waals surface area contributed by atoms with Crippen molar-refractivity contribution >= 4 is 23.4 Å². The van der Waals surface area contributed by atoms with E-state index in [2.05, 4.69) is 16.7 Å². The average molecular weight is 497 g/mol. The molecule has 2 aliphatic rings. The van der Waals surface area contributed by atoms with E-state index < -0.39 is 0 Å². The number of benzene rings is 2. The lowest BCUT2D eigenvalue weighted by Crippen LogP contribution is -2.52. The summed E-state index contributed by atoms with van der Waals surface area (Å²) in [6, 6.07) is 12.2. The number of aryl methyl sites for hydroxylation is 3. The van der Waals surface area contributed by atoms with Gasteiger partial charge < -0.3 is 20.4 Å². The monoisotopic (exact) mass is 496 g/mol. The van der Waals surface area contributed by atoms with Crippen molar-refractivity contribution in [3.05, 3.63) is 69.2 Å². The smallest absolute Gasteiger partial charge is 0.254 e. The number of nitrogens with zero attached hydrogens (tertiary/aromatic N) is 2. The summed E-state index contributed by atoms with van der Waals surface area (Å²) in [6.07, 6.45) is 2.65. The number of piperidine rings is 1. The summed E-state index contributed by atoms with van der Waals surface area (Å²) in [6.45, 7) is 10.3. The standard InChI is InChI=1S/C28H37ClN4O2/c1-19-14-20(2)16-23(15-19)28(35)32-12-13-33(26(18-32)22-4-5-25(29)21(3)17-22)27(34)8-11-31-24-6-9-30-10-7-24/h4-5,14-17,24,26,30-31H,6-13,18H2,1-3H3. The van der Waals surface area contributed by atoms with Gasteiger partial charge in [0.1, 0.15) is 0 Å². The molecule has 4 rings (SSSR count). The number of hydrogen-bond donors (Lipinski definition) is 2. The summed E-state index contributed by atoms with van der Waals surface area (Å²) in [5, 5.41) is 7.63. The molecule has 35 heavy (non-hydrogen) atoms. The quantitative estimate of drug-likeness (QED) is 0.634. The summed E-state index contributed by atoms with van der Waals surface area (Å²) < 4.78 is 0. The van der Waals surface area contributed by atoms with Gasteiger partial charge in [0.25, 0.3) is 5.91 Å². The molecule has 0 aliphatic carbocycles. The third kappa shape index (κ3) is 6.43. The van der Waals surface area contributed by atoms with Crippen molar-refractivity contribution in [2.24, 2.45) is 0 Å². The zero-order chi connectivity index (χ0) is 24.9. The predicted molar refractivity (Wildman–Crippen MR) is 141 cm³/mol. The molecule has 2 fully saturated rings.